The second-order valence-corrected chi connectivity index (χ2v) is 6.81. The van der Waals surface area contributed by atoms with Crippen LogP contribution in [0, 0.1) is 33.0 Å². The molecule has 1 aliphatic heterocycles. The number of hydrogen-bond donors (Lipinski definition) is 1. The fraction of sp³-hybridized carbons (Fsp3) is 0.368. The van der Waals surface area contributed by atoms with E-state index in [0.717, 1.165) is 0 Å². The van der Waals surface area contributed by atoms with Gasteiger partial charge in [-0.25, -0.2) is 4.39 Å². The van der Waals surface area contributed by atoms with E-state index in [-0.39, 0.29) is 34.4 Å². The second-order valence-electron chi connectivity index (χ2n) is 6.81. The molecule has 1 saturated heterocycles. The van der Waals surface area contributed by atoms with Gasteiger partial charge in [0.2, 0.25) is 0 Å². The first-order valence-corrected chi connectivity index (χ1v) is 9.05. The van der Waals surface area contributed by atoms with Crippen molar-refractivity contribution in [2.45, 2.75) is 32.5 Å². The van der Waals surface area contributed by atoms with Crippen LogP contribution < -0.4 is 9.64 Å². The van der Waals surface area contributed by atoms with Crippen molar-refractivity contribution in [1.29, 1.82) is 0 Å². The summed E-state index contributed by atoms with van der Waals surface area (Å²) in [6.45, 7) is 1.60. The molecule has 1 fully saturated rings. The number of piperidine rings is 1. The Bertz CT molecular complexity index is 927. The summed E-state index contributed by atoms with van der Waals surface area (Å²) in [5.74, 6) is 0.151. The molecule has 1 aliphatic rings. The predicted molar refractivity (Wildman–Crippen MR) is 103 cm³/mol. The average Bonchev–Trinajstić information content (AvgIpc) is 2.69. The Hall–Kier alpha value is -3.27. The van der Waals surface area contributed by atoms with Gasteiger partial charge in [0.25, 0.3) is 5.69 Å². The number of anilines is 1. The van der Waals surface area contributed by atoms with Gasteiger partial charge >= 0.3 is 5.69 Å². The SMILES string of the molecule is Cc1c(CO)cc([N+](=O)[O-])c(N2CCC(Oc3ccc(F)cc3)CC2)c1[N+](=O)[O-]. The molecule has 2 aromatic carbocycles. The molecule has 0 atom stereocenters. The highest BCUT2D eigenvalue weighted by atomic mass is 19.1. The molecule has 0 radical (unpaired) electrons. The molecule has 0 unspecified atom stereocenters. The van der Waals surface area contributed by atoms with Gasteiger partial charge in [-0.2, -0.15) is 0 Å². The summed E-state index contributed by atoms with van der Waals surface area (Å²) < 4.78 is 18.8. The van der Waals surface area contributed by atoms with E-state index < -0.39 is 22.1 Å². The minimum atomic E-state index is -0.665. The number of rotatable bonds is 6. The van der Waals surface area contributed by atoms with E-state index in [1.165, 1.54) is 37.3 Å². The van der Waals surface area contributed by atoms with Crippen molar-refractivity contribution in [3.63, 3.8) is 0 Å². The number of halogens is 1. The molecule has 154 valence electrons. The van der Waals surface area contributed by atoms with Crippen LogP contribution in [-0.4, -0.2) is 34.1 Å². The number of nitrogens with zero attached hydrogens (tertiary/aromatic N) is 3. The zero-order chi connectivity index (χ0) is 21.1. The molecule has 29 heavy (non-hydrogen) atoms. The number of nitro benzene ring substituents is 2. The second kappa shape index (κ2) is 8.39. The number of aliphatic hydroxyl groups is 1. The predicted octanol–water partition coefficient (Wildman–Crippen LogP) is 3.49. The topological polar surface area (TPSA) is 119 Å². The quantitative estimate of drug-likeness (QED) is 0.577. The molecule has 1 N–H and O–H groups in total. The van der Waals surface area contributed by atoms with Crippen LogP contribution in [0.2, 0.25) is 0 Å². The Morgan fingerprint density at radius 3 is 2.31 bits per heavy atom. The third kappa shape index (κ3) is 4.27. The van der Waals surface area contributed by atoms with Gasteiger partial charge in [0.1, 0.15) is 17.7 Å². The first-order chi connectivity index (χ1) is 13.8. The minimum absolute atomic E-state index is 0.0464. The van der Waals surface area contributed by atoms with Crippen molar-refractivity contribution in [3.05, 3.63) is 67.5 Å². The Morgan fingerprint density at radius 2 is 1.79 bits per heavy atom. The Labute approximate surface area is 165 Å². The summed E-state index contributed by atoms with van der Waals surface area (Å²) in [6, 6.07) is 6.83. The number of ether oxygens (including phenoxy) is 1. The Kier molecular flexibility index (Phi) is 5.92. The highest BCUT2D eigenvalue weighted by Crippen LogP contribution is 2.43. The Morgan fingerprint density at radius 1 is 1.17 bits per heavy atom. The van der Waals surface area contributed by atoms with E-state index >= 15 is 0 Å². The van der Waals surface area contributed by atoms with Gasteiger partial charge in [-0.3, -0.25) is 20.2 Å². The summed E-state index contributed by atoms with van der Waals surface area (Å²) in [5.41, 5.74) is -0.440. The summed E-state index contributed by atoms with van der Waals surface area (Å²) in [5, 5.41) is 32.7. The van der Waals surface area contributed by atoms with Crippen LogP contribution in [0.4, 0.5) is 21.5 Å². The fourth-order valence-corrected chi connectivity index (χ4v) is 3.53. The van der Waals surface area contributed by atoms with Gasteiger partial charge in [-0.1, -0.05) is 0 Å². The van der Waals surface area contributed by atoms with Gasteiger partial charge in [0.15, 0.2) is 5.69 Å². The molecule has 2 aromatic rings. The molecular formula is C19H20FN3O6. The number of hydrogen-bond acceptors (Lipinski definition) is 7. The van der Waals surface area contributed by atoms with Gasteiger partial charge in [0.05, 0.1) is 16.5 Å². The minimum Gasteiger partial charge on any atom is -0.490 e. The third-order valence-corrected chi connectivity index (χ3v) is 5.04. The van der Waals surface area contributed by atoms with Gasteiger partial charge in [-0.05, 0) is 36.8 Å². The lowest BCUT2D eigenvalue weighted by Crippen LogP contribution is -2.39. The van der Waals surface area contributed by atoms with Crippen molar-refractivity contribution in [2.24, 2.45) is 0 Å². The lowest BCUT2D eigenvalue weighted by Gasteiger charge is -2.33. The van der Waals surface area contributed by atoms with Crippen molar-refractivity contribution in [3.8, 4) is 5.75 Å². The normalized spacial score (nSPS) is 14.7. The molecule has 1 heterocycles. The van der Waals surface area contributed by atoms with Crippen LogP contribution in [0.3, 0.4) is 0 Å². The first kappa shape index (κ1) is 20.5. The van der Waals surface area contributed by atoms with E-state index in [1.54, 1.807) is 4.90 Å². The summed E-state index contributed by atoms with van der Waals surface area (Å²) in [6.07, 6.45) is 0.798. The summed E-state index contributed by atoms with van der Waals surface area (Å²) >= 11 is 0. The van der Waals surface area contributed by atoms with E-state index in [4.69, 9.17) is 4.74 Å². The number of aliphatic hydroxyl groups excluding tert-OH is 1. The molecule has 10 heteroatoms. The molecule has 0 saturated carbocycles. The molecule has 0 amide bonds. The van der Waals surface area contributed by atoms with Crippen molar-refractivity contribution in [1.82, 2.24) is 0 Å². The molecular weight excluding hydrogens is 385 g/mol. The summed E-state index contributed by atoms with van der Waals surface area (Å²) in [4.78, 5) is 23.6. The number of benzene rings is 2. The van der Waals surface area contributed by atoms with Gasteiger partial charge in [-0.15, -0.1) is 0 Å². The van der Waals surface area contributed by atoms with Gasteiger partial charge < -0.3 is 14.7 Å². The zero-order valence-corrected chi connectivity index (χ0v) is 15.7. The van der Waals surface area contributed by atoms with E-state index in [0.29, 0.717) is 31.7 Å². The molecule has 0 bridgehead atoms. The standard InChI is InChI=1S/C19H20FN3O6/c1-12-13(11-24)10-17(22(25)26)19(18(12)23(27)28)21-8-6-16(7-9-21)29-15-4-2-14(20)3-5-15/h2-5,10,16,24H,6-9,11H2,1H3. The molecule has 3 rings (SSSR count). The third-order valence-electron chi connectivity index (χ3n) is 5.04. The van der Waals surface area contributed by atoms with Crippen LogP contribution in [0.15, 0.2) is 30.3 Å². The average molecular weight is 405 g/mol. The number of nitro groups is 2. The maximum Gasteiger partial charge on any atom is 0.302 e. The van der Waals surface area contributed by atoms with Crippen LogP contribution in [-0.2, 0) is 6.61 Å². The maximum absolute atomic E-state index is 13.0. The van der Waals surface area contributed by atoms with E-state index in [9.17, 15) is 29.7 Å². The zero-order valence-electron chi connectivity index (χ0n) is 15.7. The van der Waals surface area contributed by atoms with E-state index in [2.05, 4.69) is 0 Å². The van der Waals surface area contributed by atoms with Crippen molar-refractivity contribution >= 4 is 17.1 Å². The molecule has 0 aromatic heterocycles. The largest absolute Gasteiger partial charge is 0.490 e. The molecule has 0 aliphatic carbocycles. The fourth-order valence-electron chi connectivity index (χ4n) is 3.53. The smallest absolute Gasteiger partial charge is 0.302 e. The Balaban J connectivity index is 1.85. The lowest BCUT2D eigenvalue weighted by molar-refractivity contribution is -0.393. The van der Waals surface area contributed by atoms with Crippen LogP contribution in [0.5, 0.6) is 5.75 Å². The van der Waals surface area contributed by atoms with Crippen molar-refractivity contribution in [2.75, 3.05) is 18.0 Å². The first-order valence-electron chi connectivity index (χ1n) is 9.05. The van der Waals surface area contributed by atoms with Crippen LogP contribution in [0.25, 0.3) is 0 Å². The van der Waals surface area contributed by atoms with Crippen molar-refractivity contribution < 1.29 is 24.1 Å². The highest BCUT2D eigenvalue weighted by Gasteiger charge is 2.35. The van der Waals surface area contributed by atoms with Crippen LogP contribution >= 0.6 is 0 Å². The van der Waals surface area contributed by atoms with Crippen LogP contribution in [0.1, 0.15) is 24.0 Å². The monoisotopic (exact) mass is 405 g/mol. The van der Waals surface area contributed by atoms with Gasteiger partial charge in [0, 0.05) is 37.6 Å². The summed E-state index contributed by atoms with van der Waals surface area (Å²) in [7, 11) is 0. The molecule has 9 nitrogen and oxygen atoms in total. The highest BCUT2D eigenvalue weighted by molar-refractivity contribution is 5.79. The van der Waals surface area contributed by atoms with E-state index in [1.807, 2.05) is 0 Å². The lowest BCUT2D eigenvalue weighted by atomic mass is 10.0. The maximum atomic E-state index is 13.0. The molecule has 0 spiro atoms.